The molecule has 0 radical (unpaired) electrons. The number of anilines is 2. The van der Waals surface area contributed by atoms with Crippen LogP contribution in [0.2, 0.25) is 0 Å². The molecule has 0 atom stereocenters. The number of carbonyl (C=O) groups excluding carboxylic acids is 1. The van der Waals surface area contributed by atoms with E-state index in [0.717, 1.165) is 11.3 Å². The first kappa shape index (κ1) is 17.9. The first-order valence-electron chi connectivity index (χ1n) is 8.20. The minimum Gasteiger partial charge on any atom is -0.497 e. The van der Waals surface area contributed by atoms with Crippen molar-refractivity contribution in [2.75, 3.05) is 17.7 Å². The molecule has 3 rings (SSSR count). The predicted octanol–water partition coefficient (Wildman–Crippen LogP) is 3.22. The second kappa shape index (κ2) is 8.45. The van der Waals surface area contributed by atoms with Crippen LogP contribution in [0.15, 0.2) is 60.7 Å². The summed E-state index contributed by atoms with van der Waals surface area (Å²) in [6, 6.07) is 19.6. The van der Waals surface area contributed by atoms with Gasteiger partial charge in [-0.25, -0.2) is 0 Å². The number of nitrogens with one attached hydrogen (secondary N) is 2. The standard InChI is InChI=1S/C20H17N5O2/c1-27-17-8-4-15(5-9-17)13-22-19-11-10-18(24-25-19)20(26)23-16-6-2-14(12-21)3-7-16/h2-11H,13H2,1H3,(H,22,25)(H,23,26). The van der Waals surface area contributed by atoms with Crippen LogP contribution >= 0.6 is 0 Å². The molecule has 0 aliphatic carbocycles. The van der Waals surface area contributed by atoms with Gasteiger partial charge in [0.2, 0.25) is 0 Å². The van der Waals surface area contributed by atoms with Crippen LogP contribution in [0.3, 0.4) is 0 Å². The Bertz CT molecular complexity index is 946. The van der Waals surface area contributed by atoms with Crippen LogP contribution in [-0.4, -0.2) is 23.2 Å². The third kappa shape index (κ3) is 4.80. The Morgan fingerprint density at radius 2 is 1.78 bits per heavy atom. The summed E-state index contributed by atoms with van der Waals surface area (Å²) in [7, 11) is 1.63. The molecule has 0 spiro atoms. The fourth-order valence-corrected chi connectivity index (χ4v) is 2.31. The molecule has 134 valence electrons. The molecule has 7 nitrogen and oxygen atoms in total. The lowest BCUT2D eigenvalue weighted by Crippen LogP contribution is -2.14. The molecule has 1 heterocycles. The van der Waals surface area contributed by atoms with Crippen molar-refractivity contribution >= 4 is 17.4 Å². The zero-order valence-electron chi connectivity index (χ0n) is 14.6. The Balaban J connectivity index is 1.57. The van der Waals surface area contributed by atoms with Gasteiger partial charge in [-0.2, -0.15) is 5.26 Å². The number of nitrogens with zero attached hydrogens (tertiary/aromatic N) is 3. The maximum Gasteiger partial charge on any atom is 0.276 e. The molecule has 2 N–H and O–H groups in total. The van der Waals surface area contributed by atoms with Gasteiger partial charge in [0.25, 0.3) is 5.91 Å². The Kier molecular flexibility index (Phi) is 5.60. The smallest absolute Gasteiger partial charge is 0.276 e. The summed E-state index contributed by atoms with van der Waals surface area (Å²) < 4.78 is 5.13. The molecular weight excluding hydrogens is 342 g/mol. The third-order valence-corrected chi connectivity index (χ3v) is 3.80. The lowest BCUT2D eigenvalue weighted by Gasteiger charge is -2.07. The zero-order valence-corrected chi connectivity index (χ0v) is 14.6. The maximum absolute atomic E-state index is 12.2. The number of ether oxygens (including phenoxy) is 1. The van der Waals surface area contributed by atoms with E-state index in [-0.39, 0.29) is 11.6 Å². The topological polar surface area (TPSA) is 99.9 Å². The number of hydrogen-bond donors (Lipinski definition) is 2. The normalized spacial score (nSPS) is 9.93. The lowest BCUT2D eigenvalue weighted by atomic mass is 10.2. The van der Waals surface area contributed by atoms with Gasteiger partial charge in [0, 0.05) is 12.2 Å². The molecule has 27 heavy (non-hydrogen) atoms. The van der Waals surface area contributed by atoms with E-state index >= 15 is 0 Å². The summed E-state index contributed by atoms with van der Waals surface area (Å²) in [6.07, 6.45) is 0. The fraction of sp³-hybridized carbons (Fsp3) is 0.100. The number of nitriles is 1. The second-order valence-corrected chi connectivity index (χ2v) is 5.65. The quantitative estimate of drug-likeness (QED) is 0.701. The predicted molar refractivity (Wildman–Crippen MR) is 101 cm³/mol. The average Bonchev–Trinajstić information content (AvgIpc) is 2.73. The number of benzene rings is 2. The number of amides is 1. The molecule has 7 heteroatoms. The Morgan fingerprint density at radius 3 is 2.37 bits per heavy atom. The van der Waals surface area contributed by atoms with Crippen LogP contribution in [0.25, 0.3) is 0 Å². The molecule has 3 aromatic rings. The lowest BCUT2D eigenvalue weighted by molar-refractivity contribution is 0.102. The largest absolute Gasteiger partial charge is 0.497 e. The summed E-state index contributed by atoms with van der Waals surface area (Å²) >= 11 is 0. The highest BCUT2D eigenvalue weighted by Gasteiger charge is 2.09. The summed E-state index contributed by atoms with van der Waals surface area (Å²) in [5.74, 6) is 1.01. The molecule has 0 saturated heterocycles. The monoisotopic (exact) mass is 359 g/mol. The molecule has 0 saturated carbocycles. The van der Waals surface area contributed by atoms with Gasteiger partial charge in [0.1, 0.15) is 11.6 Å². The van der Waals surface area contributed by atoms with E-state index in [1.54, 1.807) is 43.5 Å². The maximum atomic E-state index is 12.2. The van der Waals surface area contributed by atoms with E-state index < -0.39 is 0 Å². The van der Waals surface area contributed by atoms with Crippen LogP contribution in [-0.2, 0) is 6.54 Å². The molecule has 0 aliphatic heterocycles. The molecule has 1 aromatic heterocycles. The molecule has 2 aromatic carbocycles. The second-order valence-electron chi connectivity index (χ2n) is 5.65. The van der Waals surface area contributed by atoms with Gasteiger partial charge in [-0.05, 0) is 54.1 Å². The van der Waals surface area contributed by atoms with Crippen LogP contribution in [0.5, 0.6) is 5.75 Å². The Labute approximate surface area is 156 Å². The molecule has 0 aliphatic rings. The fourth-order valence-electron chi connectivity index (χ4n) is 2.31. The van der Waals surface area contributed by atoms with Crippen molar-refractivity contribution < 1.29 is 9.53 Å². The summed E-state index contributed by atoms with van der Waals surface area (Å²) in [6.45, 7) is 0.579. The van der Waals surface area contributed by atoms with Gasteiger partial charge >= 0.3 is 0 Å². The van der Waals surface area contributed by atoms with Gasteiger partial charge in [0.05, 0.1) is 18.7 Å². The number of aromatic nitrogens is 2. The van der Waals surface area contributed by atoms with E-state index in [4.69, 9.17) is 10.00 Å². The van der Waals surface area contributed by atoms with E-state index in [9.17, 15) is 4.79 Å². The van der Waals surface area contributed by atoms with Crippen LogP contribution < -0.4 is 15.4 Å². The Morgan fingerprint density at radius 1 is 1.04 bits per heavy atom. The van der Waals surface area contributed by atoms with Crippen molar-refractivity contribution in [1.82, 2.24) is 10.2 Å². The third-order valence-electron chi connectivity index (χ3n) is 3.80. The molecular formula is C20H17N5O2. The van der Waals surface area contributed by atoms with Crippen molar-refractivity contribution in [1.29, 1.82) is 5.26 Å². The van der Waals surface area contributed by atoms with Gasteiger partial charge in [0.15, 0.2) is 5.69 Å². The number of methoxy groups -OCH3 is 1. The number of carbonyl (C=O) groups is 1. The molecule has 0 bridgehead atoms. The van der Waals surface area contributed by atoms with Crippen LogP contribution in [0, 0.1) is 11.3 Å². The highest BCUT2D eigenvalue weighted by Crippen LogP contribution is 2.13. The van der Waals surface area contributed by atoms with E-state index in [1.165, 1.54) is 0 Å². The molecule has 0 fully saturated rings. The summed E-state index contributed by atoms with van der Waals surface area (Å²) in [5, 5.41) is 22.6. The van der Waals surface area contributed by atoms with Crippen molar-refractivity contribution in [2.24, 2.45) is 0 Å². The highest BCUT2D eigenvalue weighted by molar-refractivity contribution is 6.02. The summed E-state index contributed by atoms with van der Waals surface area (Å²) in [5.41, 5.74) is 2.39. The van der Waals surface area contributed by atoms with E-state index in [0.29, 0.717) is 23.6 Å². The zero-order chi connectivity index (χ0) is 19.1. The van der Waals surface area contributed by atoms with E-state index in [2.05, 4.69) is 20.8 Å². The highest BCUT2D eigenvalue weighted by atomic mass is 16.5. The van der Waals surface area contributed by atoms with Crippen LogP contribution in [0.1, 0.15) is 21.6 Å². The SMILES string of the molecule is COc1ccc(CNc2ccc(C(=O)Nc3ccc(C#N)cc3)nn2)cc1. The van der Waals surface area contributed by atoms with Crippen molar-refractivity contribution in [2.45, 2.75) is 6.54 Å². The van der Waals surface area contributed by atoms with Crippen molar-refractivity contribution in [3.63, 3.8) is 0 Å². The number of rotatable bonds is 6. The Hall–Kier alpha value is -3.92. The first-order chi connectivity index (χ1) is 13.2. The van der Waals surface area contributed by atoms with Crippen molar-refractivity contribution in [3.8, 4) is 11.8 Å². The molecule has 1 amide bonds. The van der Waals surface area contributed by atoms with E-state index in [1.807, 2.05) is 30.3 Å². The van der Waals surface area contributed by atoms with Gasteiger partial charge in [-0.3, -0.25) is 4.79 Å². The minimum absolute atomic E-state index is 0.203. The van der Waals surface area contributed by atoms with Crippen LogP contribution in [0.4, 0.5) is 11.5 Å². The van der Waals surface area contributed by atoms with Gasteiger partial charge < -0.3 is 15.4 Å². The average molecular weight is 359 g/mol. The molecule has 0 unspecified atom stereocenters. The van der Waals surface area contributed by atoms with Crippen molar-refractivity contribution in [3.05, 3.63) is 77.5 Å². The van der Waals surface area contributed by atoms with Gasteiger partial charge in [-0.15, -0.1) is 10.2 Å². The summed E-state index contributed by atoms with van der Waals surface area (Å²) in [4.78, 5) is 12.2. The first-order valence-corrected chi connectivity index (χ1v) is 8.20. The van der Waals surface area contributed by atoms with Gasteiger partial charge in [-0.1, -0.05) is 12.1 Å². The minimum atomic E-state index is -0.367. The number of hydrogen-bond acceptors (Lipinski definition) is 6.